The molecule has 0 aliphatic carbocycles. The van der Waals surface area contributed by atoms with Crippen LogP contribution in [0.1, 0.15) is 0 Å². The van der Waals surface area contributed by atoms with Crippen LogP contribution in [0.2, 0.25) is 0 Å². The molecule has 0 atom stereocenters. The lowest BCUT2D eigenvalue weighted by Gasteiger charge is -2.16. The molecule has 13 aromatic rings. The van der Waals surface area contributed by atoms with E-state index < -0.39 is 0 Å². The van der Waals surface area contributed by atoms with E-state index in [1.165, 1.54) is 114 Å². The second kappa shape index (κ2) is 14.3. The number of nitrogens with zero attached hydrogens (tertiary/aromatic N) is 2. The second-order valence-corrected chi connectivity index (χ2v) is 17.5. The Hall–Kier alpha value is -7.98. The fourth-order valence-electron chi connectivity index (χ4n) is 10.0. The molecule has 3 heterocycles. The Morgan fingerprint density at radius 2 is 0.825 bits per heavy atom. The predicted octanol–water partition coefficient (Wildman–Crippen LogP) is 16.9. The summed E-state index contributed by atoms with van der Waals surface area (Å²) in [6.45, 7) is 0. The molecule has 0 saturated heterocycles. The molecule has 0 fully saturated rings. The minimum absolute atomic E-state index is 1.16. The monoisotopic (exact) mass is 818 g/mol. The Morgan fingerprint density at radius 1 is 0.270 bits per heavy atom. The van der Waals surface area contributed by atoms with Crippen molar-refractivity contribution < 1.29 is 0 Å². The van der Waals surface area contributed by atoms with Crippen molar-refractivity contribution in [2.75, 3.05) is 0 Å². The largest absolute Gasteiger partial charge is 0.309 e. The number of aromatic nitrogens is 2. The van der Waals surface area contributed by atoms with E-state index in [1.807, 2.05) is 11.3 Å². The molecule has 2 nitrogen and oxygen atoms in total. The third kappa shape index (κ3) is 5.71. The van der Waals surface area contributed by atoms with E-state index in [-0.39, 0.29) is 0 Å². The molecule has 0 amide bonds. The van der Waals surface area contributed by atoms with Crippen molar-refractivity contribution in [1.29, 1.82) is 0 Å². The average molecular weight is 819 g/mol. The van der Waals surface area contributed by atoms with Gasteiger partial charge in [-0.3, -0.25) is 0 Å². The minimum atomic E-state index is 1.16. The molecule has 294 valence electrons. The number of benzene rings is 10. The zero-order valence-electron chi connectivity index (χ0n) is 34.2. The van der Waals surface area contributed by atoms with Crippen LogP contribution in [-0.2, 0) is 0 Å². The Kier molecular flexibility index (Phi) is 8.12. The SMILES string of the molecule is c1ccc(-c2ccc(-c3ccccc3)c(-n3c4ccccc4c4cc(-c5ccc6c(c5)c5c(-c7ccccc7)cccc5n6-c5ccc6sc7ccccc7c6c5)ccc43)c2)cc1. The summed E-state index contributed by atoms with van der Waals surface area (Å²) in [6, 6.07) is 84.8. The number of thiophene rings is 1. The fraction of sp³-hybridized carbons (Fsp3) is 0. The molecule has 0 aliphatic rings. The first-order valence-electron chi connectivity index (χ1n) is 21.6. The minimum Gasteiger partial charge on any atom is -0.309 e. The molecule has 63 heavy (non-hydrogen) atoms. The summed E-state index contributed by atoms with van der Waals surface area (Å²) in [5.74, 6) is 0. The summed E-state index contributed by atoms with van der Waals surface area (Å²) in [7, 11) is 0. The Bertz CT molecular complexity index is 3890. The summed E-state index contributed by atoms with van der Waals surface area (Å²) in [4.78, 5) is 0. The van der Waals surface area contributed by atoms with E-state index in [1.54, 1.807) is 0 Å². The number of para-hydroxylation sites is 1. The van der Waals surface area contributed by atoms with Gasteiger partial charge in [0.25, 0.3) is 0 Å². The van der Waals surface area contributed by atoms with Crippen LogP contribution < -0.4 is 0 Å². The van der Waals surface area contributed by atoms with Crippen molar-refractivity contribution in [1.82, 2.24) is 9.13 Å². The van der Waals surface area contributed by atoms with Gasteiger partial charge >= 0.3 is 0 Å². The second-order valence-electron chi connectivity index (χ2n) is 16.5. The lowest BCUT2D eigenvalue weighted by Crippen LogP contribution is -1.98. The van der Waals surface area contributed by atoms with Gasteiger partial charge < -0.3 is 9.13 Å². The first kappa shape index (κ1) is 35.7. The maximum Gasteiger partial charge on any atom is 0.0547 e. The van der Waals surface area contributed by atoms with Crippen molar-refractivity contribution >= 4 is 75.1 Å². The molecule has 0 bridgehead atoms. The van der Waals surface area contributed by atoms with E-state index in [9.17, 15) is 0 Å². The molecule has 3 aromatic heterocycles. The standard InChI is InChI=1S/C60H38N2S/c1-4-15-39(16-5-1)44-27-31-46(40-17-6-2-7-18-40)57(37-44)62-53-24-12-10-21-48(53)50-35-42(28-32-54(50)62)43-29-33-55-52(36-43)60-47(41-19-8-3-9-20-41)23-14-25-56(60)61(55)45-30-34-59-51(38-45)49-22-11-13-26-58(49)63-59/h1-38H. The van der Waals surface area contributed by atoms with Gasteiger partial charge in [-0.25, -0.2) is 0 Å². The van der Waals surface area contributed by atoms with Crippen LogP contribution in [0.5, 0.6) is 0 Å². The molecule has 0 aliphatic heterocycles. The summed E-state index contributed by atoms with van der Waals surface area (Å²) in [5, 5.41) is 7.58. The van der Waals surface area contributed by atoms with Crippen LogP contribution in [0, 0.1) is 0 Å². The predicted molar refractivity (Wildman–Crippen MR) is 270 cm³/mol. The highest BCUT2D eigenvalue weighted by molar-refractivity contribution is 7.25. The zero-order valence-corrected chi connectivity index (χ0v) is 35.1. The fourth-order valence-corrected chi connectivity index (χ4v) is 11.1. The quantitative estimate of drug-likeness (QED) is 0.158. The topological polar surface area (TPSA) is 9.86 Å². The van der Waals surface area contributed by atoms with E-state index in [0.717, 1.165) is 5.69 Å². The van der Waals surface area contributed by atoms with Crippen LogP contribution in [0.3, 0.4) is 0 Å². The van der Waals surface area contributed by atoms with Crippen LogP contribution in [0.4, 0.5) is 0 Å². The third-order valence-corrected chi connectivity index (χ3v) is 14.1. The highest BCUT2D eigenvalue weighted by atomic mass is 32.1. The molecular weight excluding hydrogens is 781 g/mol. The Labute approximate surface area is 368 Å². The zero-order chi connectivity index (χ0) is 41.4. The summed E-state index contributed by atoms with van der Waals surface area (Å²) >= 11 is 1.86. The number of hydrogen-bond acceptors (Lipinski definition) is 1. The molecular formula is C60H38N2S. The van der Waals surface area contributed by atoms with E-state index in [2.05, 4.69) is 240 Å². The maximum atomic E-state index is 2.47. The van der Waals surface area contributed by atoms with Gasteiger partial charge in [-0.1, -0.05) is 164 Å². The van der Waals surface area contributed by atoms with Gasteiger partial charge in [-0.15, -0.1) is 11.3 Å². The maximum absolute atomic E-state index is 2.47. The summed E-state index contributed by atoms with van der Waals surface area (Å²) in [6.07, 6.45) is 0. The van der Waals surface area contributed by atoms with Crippen LogP contribution >= 0.6 is 11.3 Å². The van der Waals surface area contributed by atoms with E-state index >= 15 is 0 Å². The van der Waals surface area contributed by atoms with Crippen LogP contribution in [0.25, 0.3) is 120 Å². The lowest BCUT2D eigenvalue weighted by molar-refractivity contribution is 1.18. The molecule has 0 saturated carbocycles. The molecule has 13 rings (SSSR count). The van der Waals surface area contributed by atoms with E-state index in [0.29, 0.717) is 0 Å². The van der Waals surface area contributed by atoms with Crippen molar-refractivity contribution in [2.45, 2.75) is 0 Å². The van der Waals surface area contributed by atoms with Gasteiger partial charge in [0, 0.05) is 53.0 Å². The first-order valence-corrected chi connectivity index (χ1v) is 22.4. The highest BCUT2D eigenvalue weighted by Crippen LogP contribution is 2.44. The normalized spacial score (nSPS) is 11.8. The van der Waals surface area contributed by atoms with Gasteiger partial charge in [0.05, 0.1) is 27.8 Å². The molecule has 0 spiro atoms. The van der Waals surface area contributed by atoms with Gasteiger partial charge in [0.15, 0.2) is 0 Å². The van der Waals surface area contributed by atoms with Crippen LogP contribution in [0.15, 0.2) is 231 Å². The summed E-state index contributed by atoms with van der Waals surface area (Å²) in [5.41, 5.74) is 16.7. The molecule has 0 radical (unpaired) electrons. The van der Waals surface area contributed by atoms with Gasteiger partial charge in [-0.05, 0) is 106 Å². The first-order chi connectivity index (χ1) is 31.2. The van der Waals surface area contributed by atoms with Crippen molar-refractivity contribution in [3.05, 3.63) is 231 Å². The average Bonchev–Trinajstić information content (AvgIpc) is 4.01. The van der Waals surface area contributed by atoms with Crippen LogP contribution in [-0.4, -0.2) is 9.13 Å². The van der Waals surface area contributed by atoms with Crippen molar-refractivity contribution in [2.24, 2.45) is 0 Å². The number of rotatable bonds is 6. The van der Waals surface area contributed by atoms with Gasteiger partial charge in [0.1, 0.15) is 0 Å². The lowest BCUT2D eigenvalue weighted by atomic mass is 9.97. The molecule has 0 unspecified atom stereocenters. The highest BCUT2D eigenvalue weighted by Gasteiger charge is 2.20. The van der Waals surface area contributed by atoms with E-state index in [4.69, 9.17) is 0 Å². The van der Waals surface area contributed by atoms with Gasteiger partial charge in [0.2, 0.25) is 0 Å². The number of fused-ring (bicyclic) bond motifs is 9. The number of hydrogen-bond donors (Lipinski definition) is 0. The van der Waals surface area contributed by atoms with Gasteiger partial charge in [-0.2, -0.15) is 0 Å². The molecule has 0 N–H and O–H groups in total. The molecule has 10 aromatic carbocycles. The molecule has 3 heteroatoms. The Balaban J connectivity index is 1.03. The smallest absolute Gasteiger partial charge is 0.0547 e. The van der Waals surface area contributed by atoms with Crippen molar-refractivity contribution in [3.63, 3.8) is 0 Å². The Morgan fingerprint density at radius 3 is 1.59 bits per heavy atom. The van der Waals surface area contributed by atoms with Crippen molar-refractivity contribution in [3.8, 4) is 55.9 Å². The summed E-state index contributed by atoms with van der Waals surface area (Å²) < 4.78 is 7.57. The third-order valence-electron chi connectivity index (χ3n) is 12.9.